The minimum Gasteiger partial charge on any atom is -0.480 e. The van der Waals surface area contributed by atoms with E-state index in [4.69, 9.17) is 0 Å². The topological polar surface area (TPSA) is 75.4 Å². The molecule has 1 aliphatic rings. The van der Waals surface area contributed by atoms with Gasteiger partial charge >= 0.3 is 5.97 Å². The molecular formula is C16H25N3O3. The number of fused-ring (bicyclic) bond motifs is 1. The van der Waals surface area contributed by atoms with E-state index in [1.54, 1.807) is 6.20 Å². The predicted octanol–water partition coefficient (Wildman–Crippen LogP) is 1.93. The van der Waals surface area contributed by atoms with E-state index in [-0.39, 0.29) is 5.56 Å². The molecular weight excluding hydrogens is 282 g/mol. The summed E-state index contributed by atoms with van der Waals surface area (Å²) in [6.07, 6.45) is 2.60. The van der Waals surface area contributed by atoms with Crippen molar-refractivity contribution in [2.24, 2.45) is 11.8 Å². The highest BCUT2D eigenvalue weighted by atomic mass is 16.4. The maximum Gasteiger partial charge on any atom is 0.326 e. The van der Waals surface area contributed by atoms with Gasteiger partial charge in [0.1, 0.15) is 17.6 Å². The molecule has 0 amide bonds. The first kappa shape index (κ1) is 16.5. The molecule has 1 aromatic heterocycles. The number of aliphatic carboxylic acids is 1. The number of hydrogen-bond acceptors (Lipinski definition) is 4. The third-order valence-corrected chi connectivity index (χ3v) is 3.80. The highest BCUT2D eigenvalue weighted by Crippen LogP contribution is 2.24. The Balaban J connectivity index is 2.45. The molecule has 1 N–H and O–H groups in total. The number of anilines is 1. The van der Waals surface area contributed by atoms with Crippen LogP contribution in [-0.4, -0.2) is 33.7 Å². The van der Waals surface area contributed by atoms with Crippen molar-refractivity contribution in [2.45, 2.75) is 46.6 Å². The van der Waals surface area contributed by atoms with Gasteiger partial charge in [-0.25, -0.2) is 9.78 Å². The molecule has 2 heterocycles. The van der Waals surface area contributed by atoms with Gasteiger partial charge in [-0.05, 0) is 18.3 Å². The van der Waals surface area contributed by atoms with Crippen molar-refractivity contribution in [1.29, 1.82) is 0 Å². The Bertz CT molecular complexity index is 597. The number of nitrogens with zero attached hydrogens (tertiary/aromatic N) is 3. The van der Waals surface area contributed by atoms with Gasteiger partial charge in [0, 0.05) is 19.5 Å². The molecule has 1 atom stereocenters. The lowest BCUT2D eigenvalue weighted by Crippen LogP contribution is -2.38. The van der Waals surface area contributed by atoms with E-state index in [1.807, 2.05) is 4.90 Å². The summed E-state index contributed by atoms with van der Waals surface area (Å²) in [5.74, 6) is 0.438. The number of rotatable bonds is 6. The first-order chi connectivity index (χ1) is 10.3. The van der Waals surface area contributed by atoms with Gasteiger partial charge in [-0.3, -0.25) is 9.36 Å². The van der Waals surface area contributed by atoms with Crippen LogP contribution in [-0.2, 0) is 11.2 Å². The van der Waals surface area contributed by atoms with E-state index in [0.717, 1.165) is 13.1 Å². The summed E-state index contributed by atoms with van der Waals surface area (Å²) in [7, 11) is 0. The second-order valence-corrected chi connectivity index (χ2v) is 6.82. The van der Waals surface area contributed by atoms with E-state index in [1.165, 1.54) is 4.57 Å². The van der Waals surface area contributed by atoms with Crippen molar-refractivity contribution in [3.63, 3.8) is 0 Å². The highest BCUT2D eigenvalue weighted by molar-refractivity contribution is 5.72. The summed E-state index contributed by atoms with van der Waals surface area (Å²) < 4.78 is 1.37. The Hall–Kier alpha value is -1.85. The zero-order valence-electron chi connectivity index (χ0n) is 13.7. The molecule has 0 spiro atoms. The summed E-state index contributed by atoms with van der Waals surface area (Å²) in [4.78, 5) is 30.5. The van der Waals surface area contributed by atoms with Crippen LogP contribution in [0.25, 0.3) is 0 Å². The van der Waals surface area contributed by atoms with Crippen LogP contribution >= 0.6 is 0 Å². The molecule has 0 saturated heterocycles. The Morgan fingerprint density at radius 1 is 1.36 bits per heavy atom. The minimum absolute atomic E-state index is 0.226. The molecule has 1 aliphatic heterocycles. The third kappa shape index (κ3) is 3.31. The smallest absolute Gasteiger partial charge is 0.326 e. The van der Waals surface area contributed by atoms with Gasteiger partial charge in [0.05, 0.1) is 6.20 Å². The van der Waals surface area contributed by atoms with E-state index in [2.05, 4.69) is 32.7 Å². The van der Waals surface area contributed by atoms with E-state index in [0.29, 0.717) is 36.2 Å². The molecule has 22 heavy (non-hydrogen) atoms. The second kappa shape index (κ2) is 6.50. The zero-order valence-corrected chi connectivity index (χ0v) is 13.7. The van der Waals surface area contributed by atoms with Crippen molar-refractivity contribution >= 4 is 11.7 Å². The summed E-state index contributed by atoms with van der Waals surface area (Å²) in [5.41, 5.74) is 0.288. The van der Waals surface area contributed by atoms with Crippen molar-refractivity contribution in [1.82, 2.24) is 9.55 Å². The Morgan fingerprint density at radius 3 is 2.45 bits per heavy atom. The van der Waals surface area contributed by atoms with Crippen LogP contribution in [0, 0.1) is 11.8 Å². The van der Waals surface area contributed by atoms with Crippen molar-refractivity contribution in [2.75, 3.05) is 18.0 Å². The molecule has 6 heteroatoms. The summed E-state index contributed by atoms with van der Waals surface area (Å²) in [5, 5.41) is 9.30. The summed E-state index contributed by atoms with van der Waals surface area (Å²) in [6.45, 7) is 9.92. The SMILES string of the molecule is CC(C)CN(CC(C)C)c1cnc2n(c1=O)C(C(=O)O)CC2. The number of carboxylic acids is 1. The van der Waals surface area contributed by atoms with Gasteiger partial charge in [0.2, 0.25) is 0 Å². The second-order valence-electron chi connectivity index (χ2n) is 6.82. The van der Waals surface area contributed by atoms with Crippen LogP contribution in [0.1, 0.15) is 46.0 Å². The molecule has 2 rings (SSSR count). The van der Waals surface area contributed by atoms with Gasteiger partial charge in [-0.2, -0.15) is 0 Å². The van der Waals surface area contributed by atoms with E-state index < -0.39 is 12.0 Å². The van der Waals surface area contributed by atoms with Crippen molar-refractivity contribution < 1.29 is 9.90 Å². The maximum absolute atomic E-state index is 12.8. The maximum atomic E-state index is 12.8. The first-order valence-electron chi connectivity index (χ1n) is 7.89. The average molecular weight is 307 g/mol. The Morgan fingerprint density at radius 2 is 1.95 bits per heavy atom. The van der Waals surface area contributed by atoms with E-state index in [9.17, 15) is 14.7 Å². The molecule has 0 radical (unpaired) electrons. The van der Waals surface area contributed by atoms with Gasteiger partial charge in [-0.1, -0.05) is 27.7 Å². The number of hydrogen-bond donors (Lipinski definition) is 1. The van der Waals surface area contributed by atoms with Crippen LogP contribution in [0.15, 0.2) is 11.0 Å². The molecule has 1 unspecified atom stereocenters. The third-order valence-electron chi connectivity index (χ3n) is 3.80. The van der Waals surface area contributed by atoms with Crippen LogP contribution in [0.4, 0.5) is 5.69 Å². The van der Waals surface area contributed by atoms with Crippen LogP contribution in [0.2, 0.25) is 0 Å². The lowest BCUT2D eigenvalue weighted by atomic mass is 10.1. The van der Waals surface area contributed by atoms with Gasteiger partial charge < -0.3 is 10.0 Å². The monoisotopic (exact) mass is 307 g/mol. The number of aryl methyl sites for hydroxylation is 1. The largest absolute Gasteiger partial charge is 0.480 e. The average Bonchev–Trinajstić information content (AvgIpc) is 2.82. The fourth-order valence-electron chi connectivity index (χ4n) is 3.00. The first-order valence-corrected chi connectivity index (χ1v) is 7.89. The molecule has 6 nitrogen and oxygen atoms in total. The number of aromatic nitrogens is 2. The molecule has 0 fully saturated rings. The van der Waals surface area contributed by atoms with Crippen LogP contribution in [0.5, 0.6) is 0 Å². The zero-order chi connectivity index (χ0) is 16.4. The predicted molar refractivity (Wildman–Crippen MR) is 85.4 cm³/mol. The number of carboxylic acid groups (broad SMARTS) is 1. The Labute approximate surface area is 130 Å². The lowest BCUT2D eigenvalue weighted by Gasteiger charge is -2.28. The van der Waals surface area contributed by atoms with Gasteiger partial charge in [-0.15, -0.1) is 0 Å². The molecule has 1 aromatic rings. The van der Waals surface area contributed by atoms with Crippen molar-refractivity contribution in [3.8, 4) is 0 Å². The summed E-state index contributed by atoms with van der Waals surface area (Å²) >= 11 is 0. The fourth-order valence-corrected chi connectivity index (χ4v) is 3.00. The molecule has 122 valence electrons. The molecule has 0 bridgehead atoms. The molecule has 0 saturated carbocycles. The Kier molecular flexibility index (Phi) is 4.88. The molecule has 0 aromatic carbocycles. The molecule has 0 aliphatic carbocycles. The van der Waals surface area contributed by atoms with E-state index >= 15 is 0 Å². The van der Waals surface area contributed by atoms with Gasteiger partial charge in [0.15, 0.2) is 0 Å². The normalized spacial score (nSPS) is 17.1. The standard InChI is InChI=1S/C16H25N3O3/c1-10(2)8-18(9-11(3)4)13-7-17-14-6-5-12(16(21)22)19(14)15(13)20/h7,10-12H,5-6,8-9H2,1-4H3,(H,21,22). The summed E-state index contributed by atoms with van der Waals surface area (Å²) in [6, 6.07) is -0.783. The lowest BCUT2D eigenvalue weighted by molar-refractivity contribution is -0.140. The number of carbonyl (C=O) groups is 1. The van der Waals surface area contributed by atoms with Gasteiger partial charge in [0.25, 0.3) is 5.56 Å². The minimum atomic E-state index is -0.959. The van der Waals surface area contributed by atoms with Crippen molar-refractivity contribution in [3.05, 3.63) is 22.4 Å². The fraction of sp³-hybridized carbons (Fsp3) is 0.688. The quantitative estimate of drug-likeness (QED) is 0.869. The van der Waals surface area contributed by atoms with Crippen LogP contribution in [0.3, 0.4) is 0 Å². The van der Waals surface area contributed by atoms with Crippen LogP contribution < -0.4 is 10.5 Å². The highest BCUT2D eigenvalue weighted by Gasteiger charge is 2.31.